The summed E-state index contributed by atoms with van der Waals surface area (Å²) in [7, 11) is 0. The van der Waals surface area contributed by atoms with Gasteiger partial charge >= 0.3 is 0 Å². The van der Waals surface area contributed by atoms with Crippen molar-refractivity contribution < 1.29 is 5.11 Å². The number of thioether (sulfide) groups is 1. The number of hydrogen-bond acceptors (Lipinski definition) is 3. The van der Waals surface area contributed by atoms with Gasteiger partial charge in [0.25, 0.3) is 0 Å². The Balaban J connectivity index is 2.55. The molecule has 0 atom stereocenters. The lowest BCUT2D eigenvalue weighted by atomic mass is 10.2. The smallest absolute Gasteiger partial charge is 0.133 e. The van der Waals surface area contributed by atoms with Gasteiger partial charge in [0.05, 0.1) is 4.70 Å². The third-order valence-corrected chi connectivity index (χ3v) is 3.82. The van der Waals surface area contributed by atoms with E-state index in [-0.39, 0.29) is 0 Å². The number of phenolic OH excluding ortho intramolecular Hbond substituents is 1. The van der Waals surface area contributed by atoms with Gasteiger partial charge in [-0.2, -0.15) is 11.8 Å². The van der Waals surface area contributed by atoms with Crippen LogP contribution in [0.1, 0.15) is 4.88 Å². The standard InChI is InChI=1S/C10H10OS2/c1-12-6-8-5-7-3-2-4-9(11)10(7)13-8/h2-5,11H,6H2,1H3. The van der Waals surface area contributed by atoms with Crippen LogP contribution in [0.5, 0.6) is 5.75 Å². The van der Waals surface area contributed by atoms with Crippen LogP contribution in [0.3, 0.4) is 0 Å². The van der Waals surface area contributed by atoms with Gasteiger partial charge in [0.1, 0.15) is 5.75 Å². The predicted molar refractivity (Wildman–Crippen MR) is 60.7 cm³/mol. The largest absolute Gasteiger partial charge is 0.506 e. The third kappa shape index (κ3) is 1.67. The second kappa shape index (κ2) is 3.60. The Morgan fingerprint density at radius 3 is 3.00 bits per heavy atom. The van der Waals surface area contributed by atoms with Crippen molar-refractivity contribution in [1.82, 2.24) is 0 Å². The summed E-state index contributed by atoms with van der Waals surface area (Å²) in [6.07, 6.45) is 2.09. The molecule has 0 saturated heterocycles. The lowest BCUT2D eigenvalue weighted by Crippen LogP contribution is -1.66. The maximum atomic E-state index is 9.56. The normalized spacial score (nSPS) is 10.8. The molecule has 1 N–H and O–H groups in total. The predicted octanol–water partition coefficient (Wildman–Crippen LogP) is 3.47. The van der Waals surface area contributed by atoms with E-state index in [9.17, 15) is 5.11 Å². The summed E-state index contributed by atoms with van der Waals surface area (Å²) < 4.78 is 1.01. The first kappa shape index (κ1) is 8.91. The van der Waals surface area contributed by atoms with Gasteiger partial charge in [0, 0.05) is 10.6 Å². The number of aromatic hydroxyl groups is 1. The Bertz CT molecular complexity index is 420. The van der Waals surface area contributed by atoms with Crippen molar-refractivity contribution in [1.29, 1.82) is 0 Å². The van der Waals surface area contributed by atoms with Crippen LogP contribution in [0.2, 0.25) is 0 Å². The fraction of sp³-hybridized carbons (Fsp3) is 0.200. The Labute approximate surface area is 85.4 Å². The molecule has 1 aromatic carbocycles. The van der Waals surface area contributed by atoms with Gasteiger partial charge in [-0.25, -0.2) is 0 Å². The number of benzene rings is 1. The molecular weight excluding hydrogens is 200 g/mol. The molecule has 0 aliphatic rings. The van der Waals surface area contributed by atoms with E-state index in [1.807, 2.05) is 12.1 Å². The zero-order valence-corrected chi connectivity index (χ0v) is 8.91. The van der Waals surface area contributed by atoms with E-state index in [2.05, 4.69) is 12.3 Å². The van der Waals surface area contributed by atoms with Crippen LogP contribution in [0.25, 0.3) is 10.1 Å². The first-order valence-electron chi connectivity index (χ1n) is 4.00. The molecule has 0 saturated carbocycles. The summed E-state index contributed by atoms with van der Waals surface area (Å²) in [5.41, 5.74) is 0. The number of thiophene rings is 1. The molecule has 0 bridgehead atoms. The average molecular weight is 210 g/mol. The van der Waals surface area contributed by atoms with E-state index in [1.165, 1.54) is 4.88 Å². The van der Waals surface area contributed by atoms with Crippen LogP contribution in [0.4, 0.5) is 0 Å². The first-order chi connectivity index (χ1) is 6.31. The molecule has 3 heteroatoms. The molecule has 0 amide bonds. The molecule has 0 unspecified atom stereocenters. The minimum absolute atomic E-state index is 0.398. The van der Waals surface area contributed by atoms with Crippen LogP contribution >= 0.6 is 23.1 Å². The van der Waals surface area contributed by atoms with Gasteiger partial charge in [0.15, 0.2) is 0 Å². The summed E-state index contributed by atoms with van der Waals surface area (Å²) in [6.45, 7) is 0. The molecule has 0 spiro atoms. The highest BCUT2D eigenvalue weighted by Gasteiger charge is 2.04. The van der Waals surface area contributed by atoms with Gasteiger partial charge in [-0.05, 0) is 23.8 Å². The van der Waals surface area contributed by atoms with Crippen LogP contribution in [0, 0.1) is 0 Å². The van der Waals surface area contributed by atoms with Gasteiger partial charge in [0.2, 0.25) is 0 Å². The molecule has 2 aromatic rings. The van der Waals surface area contributed by atoms with Crippen LogP contribution in [-0.2, 0) is 5.75 Å². The maximum absolute atomic E-state index is 9.56. The summed E-state index contributed by atoms with van der Waals surface area (Å²) in [5, 5.41) is 10.7. The molecule has 13 heavy (non-hydrogen) atoms. The van der Waals surface area contributed by atoms with Gasteiger partial charge in [-0.15, -0.1) is 11.3 Å². The zero-order chi connectivity index (χ0) is 9.26. The van der Waals surface area contributed by atoms with Crippen molar-refractivity contribution >= 4 is 33.2 Å². The highest BCUT2D eigenvalue weighted by molar-refractivity contribution is 7.97. The van der Waals surface area contributed by atoms with Crippen molar-refractivity contribution in [2.45, 2.75) is 5.75 Å². The first-order valence-corrected chi connectivity index (χ1v) is 6.21. The summed E-state index contributed by atoms with van der Waals surface area (Å²) >= 11 is 3.48. The minimum atomic E-state index is 0.398. The molecule has 0 aliphatic heterocycles. The number of fused-ring (bicyclic) bond motifs is 1. The third-order valence-electron chi connectivity index (χ3n) is 1.86. The van der Waals surface area contributed by atoms with E-state index in [1.54, 1.807) is 29.2 Å². The highest BCUT2D eigenvalue weighted by atomic mass is 32.2. The van der Waals surface area contributed by atoms with E-state index in [0.717, 1.165) is 15.8 Å². The molecule has 2 rings (SSSR count). The quantitative estimate of drug-likeness (QED) is 0.819. The molecule has 1 heterocycles. The topological polar surface area (TPSA) is 20.2 Å². The van der Waals surface area contributed by atoms with E-state index < -0.39 is 0 Å². The molecule has 0 radical (unpaired) electrons. The van der Waals surface area contributed by atoms with Gasteiger partial charge in [-0.3, -0.25) is 0 Å². The fourth-order valence-corrected chi connectivity index (χ4v) is 3.14. The molecule has 0 fully saturated rings. The summed E-state index contributed by atoms with van der Waals surface area (Å²) in [4.78, 5) is 1.32. The molecule has 1 nitrogen and oxygen atoms in total. The second-order valence-corrected chi connectivity index (χ2v) is 4.84. The summed E-state index contributed by atoms with van der Waals surface area (Å²) in [6, 6.07) is 7.81. The molecule has 68 valence electrons. The van der Waals surface area contributed by atoms with E-state index >= 15 is 0 Å². The lowest BCUT2D eigenvalue weighted by molar-refractivity contribution is 0.482. The summed E-state index contributed by atoms with van der Waals surface area (Å²) in [5.74, 6) is 1.42. The van der Waals surface area contributed by atoms with Crippen molar-refractivity contribution in [3.8, 4) is 5.75 Å². The van der Waals surface area contributed by atoms with Crippen molar-refractivity contribution in [3.05, 3.63) is 29.1 Å². The van der Waals surface area contributed by atoms with Crippen molar-refractivity contribution in [2.24, 2.45) is 0 Å². The highest BCUT2D eigenvalue weighted by Crippen LogP contribution is 2.33. The van der Waals surface area contributed by atoms with Crippen LogP contribution < -0.4 is 0 Å². The van der Waals surface area contributed by atoms with E-state index in [0.29, 0.717) is 5.75 Å². The van der Waals surface area contributed by atoms with Crippen molar-refractivity contribution in [3.63, 3.8) is 0 Å². The van der Waals surface area contributed by atoms with Crippen LogP contribution in [0.15, 0.2) is 24.3 Å². The van der Waals surface area contributed by atoms with Gasteiger partial charge < -0.3 is 5.11 Å². The minimum Gasteiger partial charge on any atom is -0.506 e. The number of phenols is 1. The van der Waals surface area contributed by atoms with Crippen molar-refractivity contribution in [2.75, 3.05) is 6.26 Å². The van der Waals surface area contributed by atoms with Gasteiger partial charge in [-0.1, -0.05) is 12.1 Å². The average Bonchev–Trinajstić information content (AvgIpc) is 2.49. The van der Waals surface area contributed by atoms with Crippen LogP contribution in [-0.4, -0.2) is 11.4 Å². The Hall–Kier alpha value is -0.670. The number of rotatable bonds is 2. The Kier molecular flexibility index (Phi) is 2.47. The lowest BCUT2D eigenvalue weighted by Gasteiger charge is -1.90. The van der Waals surface area contributed by atoms with E-state index in [4.69, 9.17) is 0 Å². The fourth-order valence-electron chi connectivity index (χ4n) is 1.31. The molecular formula is C10H10OS2. The second-order valence-electron chi connectivity index (χ2n) is 2.84. The number of hydrogen-bond donors (Lipinski definition) is 1. The SMILES string of the molecule is CSCc1cc2cccc(O)c2s1. The molecule has 1 aromatic heterocycles. The Morgan fingerprint density at radius 2 is 2.31 bits per heavy atom. The zero-order valence-electron chi connectivity index (χ0n) is 7.28. The molecule has 0 aliphatic carbocycles. The Morgan fingerprint density at radius 1 is 1.46 bits per heavy atom. The monoisotopic (exact) mass is 210 g/mol. The maximum Gasteiger partial charge on any atom is 0.133 e.